The lowest BCUT2D eigenvalue weighted by Gasteiger charge is -2.05. The quantitative estimate of drug-likeness (QED) is 0.727. The Hall–Kier alpha value is -1.24. The lowest BCUT2D eigenvalue weighted by molar-refractivity contribution is 0.587. The van der Waals surface area contributed by atoms with Crippen LogP contribution in [0.1, 0.15) is 31.5 Å². The van der Waals surface area contributed by atoms with E-state index >= 15 is 0 Å². The highest BCUT2D eigenvalue weighted by atomic mass is 14.9. The van der Waals surface area contributed by atoms with Gasteiger partial charge < -0.3 is 4.57 Å². The number of hydrogen-bond acceptors (Lipinski definition) is 0. The van der Waals surface area contributed by atoms with Gasteiger partial charge in [0.25, 0.3) is 0 Å². The molecule has 0 N–H and O–H groups in total. The smallest absolute Gasteiger partial charge is 0.0479 e. The van der Waals surface area contributed by atoms with Crippen molar-refractivity contribution in [3.63, 3.8) is 0 Å². The van der Waals surface area contributed by atoms with Gasteiger partial charge in [-0.25, -0.2) is 0 Å². The molecule has 86 valence electrons. The summed E-state index contributed by atoms with van der Waals surface area (Å²) in [5.74, 6) is 0.785. The number of aryl methyl sites for hydroxylation is 3. The molecule has 0 spiro atoms. The molecule has 0 saturated heterocycles. The van der Waals surface area contributed by atoms with E-state index in [0.29, 0.717) is 0 Å². The van der Waals surface area contributed by atoms with Crippen LogP contribution in [-0.2, 0) is 13.5 Å². The van der Waals surface area contributed by atoms with Crippen molar-refractivity contribution in [2.45, 2.75) is 33.6 Å². The minimum absolute atomic E-state index is 0.785. The van der Waals surface area contributed by atoms with Gasteiger partial charge in [-0.15, -0.1) is 0 Å². The van der Waals surface area contributed by atoms with Crippen LogP contribution in [0.4, 0.5) is 0 Å². The van der Waals surface area contributed by atoms with Gasteiger partial charge in [0.1, 0.15) is 0 Å². The van der Waals surface area contributed by atoms with Crippen LogP contribution in [0.3, 0.4) is 0 Å². The molecule has 0 atom stereocenters. The molecule has 2 aromatic rings. The van der Waals surface area contributed by atoms with Gasteiger partial charge in [0.2, 0.25) is 0 Å². The largest absolute Gasteiger partial charge is 0.348 e. The summed E-state index contributed by atoms with van der Waals surface area (Å²) < 4.78 is 2.25. The van der Waals surface area contributed by atoms with Gasteiger partial charge >= 0.3 is 0 Å². The number of hydrogen-bond donors (Lipinski definition) is 0. The Morgan fingerprint density at radius 3 is 2.62 bits per heavy atom. The topological polar surface area (TPSA) is 4.93 Å². The number of benzene rings is 1. The van der Waals surface area contributed by atoms with Crippen molar-refractivity contribution in [3.05, 3.63) is 35.5 Å². The van der Waals surface area contributed by atoms with Gasteiger partial charge in [-0.05, 0) is 49.4 Å². The van der Waals surface area contributed by atoms with Gasteiger partial charge in [-0.2, -0.15) is 0 Å². The van der Waals surface area contributed by atoms with Crippen LogP contribution in [0.5, 0.6) is 0 Å². The van der Waals surface area contributed by atoms with Crippen LogP contribution in [0.2, 0.25) is 0 Å². The molecule has 0 aliphatic rings. The molecule has 0 amide bonds. The molecule has 0 aliphatic carbocycles. The third-order valence-corrected chi connectivity index (χ3v) is 3.36. The molecule has 1 aromatic carbocycles. The fourth-order valence-corrected chi connectivity index (χ4v) is 2.15. The van der Waals surface area contributed by atoms with Crippen LogP contribution in [-0.4, -0.2) is 4.57 Å². The van der Waals surface area contributed by atoms with Gasteiger partial charge in [0.15, 0.2) is 0 Å². The second-order valence-corrected chi connectivity index (χ2v) is 5.17. The highest BCUT2D eigenvalue weighted by molar-refractivity contribution is 5.81. The third kappa shape index (κ3) is 2.13. The zero-order valence-electron chi connectivity index (χ0n) is 10.7. The Morgan fingerprint density at radius 2 is 1.94 bits per heavy atom. The van der Waals surface area contributed by atoms with Gasteiger partial charge in [0, 0.05) is 23.6 Å². The van der Waals surface area contributed by atoms with Crippen LogP contribution < -0.4 is 0 Å². The molecule has 0 saturated carbocycles. The Balaban J connectivity index is 2.30. The van der Waals surface area contributed by atoms with E-state index in [-0.39, 0.29) is 0 Å². The number of nitrogens with zero attached hydrogens (tertiary/aromatic N) is 1. The van der Waals surface area contributed by atoms with Crippen molar-refractivity contribution in [3.8, 4) is 0 Å². The first-order chi connectivity index (χ1) is 7.58. The highest BCUT2D eigenvalue weighted by Crippen LogP contribution is 2.21. The van der Waals surface area contributed by atoms with Crippen LogP contribution in [0.25, 0.3) is 10.9 Å². The van der Waals surface area contributed by atoms with E-state index in [2.05, 4.69) is 56.7 Å². The Morgan fingerprint density at radius 1 is 1.19 bits per heavy atom. The first-order valence-electron chi connectivity index (χ1n) is 6.13. The van der Waals surface area contributed by atoms with E-state index in [1.807, 2.05) is 0 Å². The Bertz CT molecular complexity index is 491. The summed E-state index contributed by atoms with van der Waals surface area (Å²) >= 11 is 0. The summed E-state index contributed by atoms with van der Waals surface area (Å²) in [6.07, 6.45) is 2.47. The average Bonchev–Trinajstić information content (AvgIpc) is 2.52. The summed E-state index contributed by atoms with van der Waals surface area (Å²) in [4.78, 5) is 0. The van der Waals surface area contributed by atoms with E-state index in [4.69, 9.17) is 0 Å². The van der Waals surface area contributed by atoms with Crippen LogP contribution in [0.15, 0.2) is 24.3 Å². The van der Waals surface area contributed by atoms with E-state index in [1.54, 1.807) is 0 Å². The van der Waals surface area contributed by atoms with Crippen molar-refractivity contribution in [2.75, 3.05) is 0 Å². The molecule has 0 aliphatic heterocycles. The monoisotopic (exact) mass is 215 g/mol. The maximum absolute atomic E-state index is 2.34. The minimum Gasteiger partial charge on any atom is -0.348 e. The summed E-state index contributed by atoms with van der Waals surface area (Å²) in [6, 6.07) is 9.13. The molecular formula is C15H21N. The van der Waals surface area contributed by atoms with E-state index in [9.17, 15) is 0 Å². The van der Waals surface area contributed by atoms with E-state index < -0.39 is 0 Å². The molecule has 0 bridgehead atoms. The lowest BCUT2D eigenvalue weighted by atomic mass is 10.0. The molecule has 1 heterocycles. The van der Waals surface area contributed by atoms with Crippen molar-refractivity contribution >= 4 is 10.9 Å². The molecule has 0 unspecified atom stereocenters. The molecule has 0 fully saturated rings. The van der Waals surface area contributed by atoms with Crippen LogP contribution in [0, 0.1) is 12.8 Å². The predicted molar refractivity (Wildman–Crippen MR) is 70.8 cm³/mol. The summed E-state index contributed by atoms with van der Waals surface area (Å²) in [5.41, 5.74) is 4.13. The standard InChI is InChI=1S/C15H21N/c1-11(2)5-6-13-7-8-15-14(10-13)9-12(3)16(15)4/h7-11H,5-6H2,1-4H3. The second-order valence-electron chi connectivity index (χ2n) is 5.17. The zero-order valence-corrected chi connectivity index (χ0v) is 10.7. The SMILES string of the molecule is Cc1cc2cc(CCC(C)C)ccc2n1C. The predicted octanol–water partition coefficient (Wildman–Crippen LogP) is 4.08. The van der Waals surface area contributed by atoms with Crippen molar-refractivity contribution in [1.29, 1.82) is 0 Å². The normalized spacial score (nSPS) is 11.6. The maximum Gasteiger partial charge on any atom is 0.0479 e. The summed E-state index contributed by atoms with van der Waals surface area (Å²) in [5, 5.41) is 1.38. The summed E-state index contributed by atoms with van der Waals surface area (Å²) in [6.45, 7) is 6.73. The molecular weight excluding hydrogens is 194 g/mol. The second kappa shape index (κ2) is 4.32. The average molecular weight is 215 g/mol. The van der Waals surface area contributed by atoms with Crippen molar-refractivity contribution in [1.82, 2.24) is 4.57 Å². The fourth-order valence-electron chi connectivity index (χ4n) is 2.15. The molecule has 16 heavy (non-hydrogen) atoms. The summed E-state index contributed by atoms with van der Waals surface area (Å²) in [7, 11) is 2.13. The van der Waals surface area contributed by atoms with E-state index in [0.717, 1.165) is 5.92 Å². The fraction of sp³-hybridized carbons (Fsp3) is 0.467. The molecule has 1 aromatic heterocycles. The minimum atomic E-state index is 0.785. The molecule has 1 heteroatoms. The van der Waals surface area contributed by atoms with Crippen LogP contribution >= 0.6 is 0 Å². The zero-order chi connectivity index (χ0) is 11.7. The van der Waals surface area contributed by atoms with E-state index in [1.165, 1.54) is 35.0 Å². The first kappa shape index (κ1) is 11.3. The lowest BCUT2D eigenvalue weighted by Crippen LogP contribution is -1.92. The van der Waals surface area contributed by atoms with Gasteiger partial charge in [-0.1, -0.05) is 19.9 Å². The van der Waals surface area contributed by atoms with Gasteiger partial charge in [-0.3, -0.25) is 0 Å². The Labute approximate surface area is 98.1 Å². The van der Waals surface area contributed by atoms with Crippen molar-refractivity contribution in [2.24, 2.45) is 13.0 Å². The Kier molecular flexibility index (Phi) is 3.04. The maximum atomic E-state index is 2.34. The van der Waals surface area contributed by atoms with Crippen molar-refractivity contribution < 1.29 is 0 Å². The number of fused-ring (bicyclic) bond motifs is 1. The number of aromatic nitrogens is 1. The molecule has 0 radical (unpaired) electrons. The number of rotatable bonds is 3. The highest BCUT2D eigenvalue weighted by Gasteiger charge is 2.03. The van der Waals surface area contributed by atoms with Gasteiger partial charge in [0.05, 0.1) is 0 Å². The third-order valence-electron chi connectivity index (χ3n) is 3.36. The molecule has 1 nitrogen and oxygen atoms in total. The molecule has 2 rings (SSSR count). The first-order valence-corrected chi connectivity index (χ1v) is 6.13.